The van der Waals surface area contributed by atoms with Crippen LogP contribution in [0.4, 0.5) is 4.39 Å². The van der Waals surface area contributed by atoms with Gasteiger partial charge in [-0.3, -0.25) is 0 Å². The van der Waals surface area contributed by atoms with Crippen LogP contribution in [0.15, 0.2) is 36.4 Å². The van der Waals surface area contributed by atoms with Gasteiger partial charge >= 0.3 is 0 Å². The van der Waals surface area contributed by atoms with Gasteiger partial charge in [0.25, 0.3) is 0 Å². The molecule has 3 rings (SSSR count). The molecule has 3 heteroatoms. The van der Waals surface area contributed by atoms with Crippen LogP contribution in [0.1, 0.15) is 23.1 Å². The number of halogens is 1. The lowest BCUT2D eigenvalue weighted by molar-refractivity contribution is 0.474. The van der Waals surface area contributed by atoms with Crippen LogP contribution < -0.4 is 4.74 Å². The van der Waals surface area contributed by atoms with Crippen molar-refractivity contribution in [3.63, 3.8) is 0 Å². The molecule has 0 amide bonds. The number of nitrogens with zero attached hydrogens (tertiary/aromatic N) is 1. The summed E-state index contributed by atoms with van der Waals surface area (Å²) >= 11 is 0. The summed E-state index contributed by atoms with van der Waals surface area (Å²) in [5.41, 5.74) is 2.59. The molecule has 1 aliphatic carbocycles. The summed E-state index contributed by atoms with van der Waals surface area (Å²) in [6, 6.07) is 12.1. The summed E-state index contributed by atoms with van der Waals surface area (Å²) < 4.78 is 19.1. The van der Waals surface area contributed by atoms with E-state index in [9.17, 15) is 4.39 Å². The minimum Gasteiger partial charge on any atom is -0.456 e. The molecule has 0 heterocycles. The van der Waals surface area contributed by atoms with E-state index < -0.39 is 5.82 Å². The van der Waals surface area contributed by atoms with E-state index >= 15 is 0 Å². The second kappa shape index (κ2) is 4.74. The van der Waals surface area contributed by atoms with Crippen LogP contribution in [0.25, 0.3) is 0 Å². The fourth-order valence-electron chi connectivity index (χ4n) is 2.44. The van der Waals surface area contributed by atoms with Crippen molar-refractivity contribution in [3.05, 3.63) is 58.9 Å². The Morgan fingerprint density at radius 2 is 1.95 bits per heavy atom. The number of rotatable bonds is 2. The summed E-state index contributed by atoms with van der Waals surface area (Å²) in [6.45, 7) is 0. The molecule has 0 saturated heterocycles. The molecular formula is C16H12FNO. The minimum atomic E-state index is -0.554. The summed E-state index contributed by atoms with van der Waals surface area (Å²) in [4.78, 5) is 0. The molecule has 0 unspecified atom stereocenters. The zero-order valence-electron chi connectivity index (χ0n) is 10.3. The molecule has 0 N–H and O–H groups in total. The molecule has 0 atom stereocenters. The molecule has 2 aromatic rings. The predicted molar refractivity (Wildman–Crippen MR) is 69.7 cm³/mol. The Labute approximate surface area is 111 Å². The highest BCUT2D eigenvalue weighted by Crippen LogP contribution is 2.30. The van der Waals surface area contributed by atoms with E-state index in [-0.39, 0.29) is 11.3 Å². The lowest BCUT2D eigenvalue weighted by Gasteiger charge is -2.09. The van der Waals surface area contributed by atoms with Gasteiger partial charge in [-0.15, -0.1) is 0 Å². The normalized spacial score (nSPS) is 12.8. The fraction of sp³-hybridized carbons (Fsp3) is 0.188. The molecule has 0 aliphatic heterocycles. The van der Waals surface area contributed by atoms with E-state index in [1.165, 1.54) is 23.6 Å². The Balaban J connectivity index is 1.94. The summed E-state index contributed by atoms with van der Waals surface area (Å²) in [6.07, 6.45) is 3.34. The van der Waals surface area contributed by atoms with E-state index in [1.807, 2.05) is 24.3 Å². The van der Waals surface area contributed by atoms with Crippen molar-refractivity contribution in [2.24, 2.45) is 0 Å². The van der Waals surface area contributed by atoms with Crippen molar-refractivity contribution in [2.45, 2.75) is 19.3 Å². The summed E-state index contributed by atoms with van der Waals surface area (Å²) in [5, 5.41) is 8.96. The van der Waals surface area contributed by atoms with Crippen molar-refractivity contribution >= 4 is 0 Å². The Bertz CT molecular complexity index is 673. The number of fused-ring (bicyclic) bond motifs is 1. The maximum atomic E-state index is 13.5. The van der Waals surface area contributed by atoms with E-state index in [4.69, 9.17) is 10.00 Å². The van der Waals surface area contributed by atoms with E-state index in [1.54, 1.807) is 12.1 Å². The lowest BCUT2D eigenvalue weighted by atomic mass is 10.1. The van der Waals surface area contributed by atoms with Crippen molar-refractivity contribution in [1.29, 1.82) is 5.26 Å². The second-order valence-corrected chi connectivity index (χ2v) is 4.61. The first-order valence-electron chi connectivity index (χ1n) is 6.26. The highest BCUT2D eigenvalue weighted by molar-refractivity contribution is 5.47. The van der Waals surface area contributed by atoms with Gasteiger partial charge in [-0.05, 0) is 54.7 Å². The van der Waals surface area contributed by atoms with Crippen LogP contribution in [-0.2, 0) is 12.8 Å². The van der Waals surface area contributed by atoms with Crippen LogP contribution in [0, 0.1) is 17.1 Å². The highest BCUT2D eigenvalue weighted by atomic mass is 19.1. The first-order chi connectivity index (χ1) is 9.28. The number of hydrogen-bond donors (Lipinski definition) is 0. The Morgan fingerprint density at radius 3 is 2.79 bits per heavy atom. The van der Waals surface area contributed by atoms with Crippen molar-refractivity contribution in [1.82, 2.24) is 0 Å². The maximum absolute atomic E-state index is 13.5. The van der Waals surface area contributed by atoms with Crippen LogP contribution >= 0.6 is 0 Å². The quantitative estimate of drug-likeness (QED) is 0.811. The first-order valence-corrected chi connectivity index (χ1v) is 6.26. The molecule has 0 radical (unpaired) electrons. The third kappa shape index (κ3) is 2.17. The van der Waals surface area contributed by atoms with Crippen molar-refractivity contribution < 1.29 is 9.13 Å². The highest BCUT2D eigenvalue weighted by Gasteiger charge is 2.13. The van der Waals surface area contributed by atoms with Crippen LogP contribution in [0.3, 0.4) is 0 Å². The largest absolute Gasteiger partial charge is 0.456 e. The Kier molecular flexibility index (Phi) is 2.92. The van der Waals surface area contributed by atoms with Gasteiger partial charge in [0.15, 0.2) is 0 Å². The third-order valence-electron chi connectivity index (χ3n) is 3.38. The van der Waals surface area contributed by atoms with Gasteiger partial charge in [-0.2, -0.15) is 5.26 Å². The number of nitriles is 1. The van der Waals surface area contributed by atoms with E-state index in [0.717, 1.165) is 12.8 Å². The molecule has 0 saturated carbocycles. The molecule has 0 fully saturated rings. The van der Waals surface area contributed by atoms with Gasteiger partial charge in [0.1, 0.15) is 28.9 Å². The van der Waals surface area contributed by atoms with Crippen LogP contribution in [-0.4, -0.2) is 0 Å². The Morgan fingerprint density at radius 1 is 1.11 bits per heavy atom. The van der Waals surface area contributed by atoms with Gasteiger partial charge in [0, 0.05) is 0 Å². The molecule has 19 heavy (non-hydrogen) atoms. The van der Waals surface area contributed by atoms with Gasteiger partial charge < -0.3 is 4.74 Å². The minimum absolute atomic E-state index is 0.0528. The SMILES string of the molecule is N#Cc1c(F)cccc1Oc1ccc2c(c1)CCC2. The fourth-order valence-corrected chi connectivity index (χ4v) is 2.44. The first kappa shape index (κ1) is 11.7. The van der Waals surface area contributed by atoms with E-state index in [2.05, 4.69) is 0 Å². The molecule has 0 spiro atoms. The monoisotopic (exact) mass is 253 g/mol. The zero-order chi connectivity index (χ0) is 13.2. The molecule has 2 aromatic carbocycles. The molecule has 0 bridgehead atoms. The number of aryl methyl sites for hydroxylation is 2. The summed E-state index contributed by atoms with van der Waals surface area (Å²) in [5.74, 6) is 0.365. The van der Waals surface area contributed by atoms with Crippen molar-refractivity contribution in [2.75, 3.05) is 0 Å². The van der Waals surface area contributed by atoms with Gasteiger partial charge in [0.2, 0.25) is 0 Å². The molecular weight excluding hydrogens is 241 g/mol. The zero-order valence-corrected chi connectivity index (χ0v) is 10.3. The lowest BCUT2D eigenvalue weighted by Crippen LogP contribution is -1.92. The van der Waals surface area contributed by atoms with Gasteiger partial charge in [-0.1, -0.05) is 12.1 Å². The Hall–Kier alpha value is -2.34. The van der Waals surface area contributed by atoms with Crippen LogP contribution in [0.5, 0.6) is 11.5 Å². The molecule has 94 valence electrons. The van der Waals surface area contributed by atoms with Crippen molar-refractivity contribution in [3.8, 4) is 17.6 Å². The predicted octanol–water partition coefficient (Wildman–Crippen LogP) is 3.98. The molecule has 2 nitrogen and oxygen atoms in total. The molecule has 0 aromatic heterocycles. The summed E-state index contributed by atoms with van der Waals surface area (Å²) in [7, 11) is 0. The average molecular weight is 253 g/mol. The number of hydrogen-bond acceptors (Lipinski definition) is 2. The standard InChI is InChI=1S/C16H12FNO/c17-15-5-2-6-16(14(15)10-18)19-13-8-7-11-3-1-4-12(11)9-13/h2,5-9H,1,3-4H2. The average Bonchev–Trinajstić information content (AvgIpc) is 2.86. The van der Waals surface area contributed by atoms with E-state index in [0.29, 0.717) is 5.75 Å². The maximum Gasteiger partial charge on any atom is 0.148 e. The smallest absolute Gasteiger partial charge is 0.148 e. The molecule has 1 aliphatic rings. The topological polar surface area (TPSA) is 33.0 Å². The number of benzene rings is 2. The third-order valence-corrected chi connectivity index (χ3v) is 3.38. The number of ether oxygens (including phenoxy) is 1. The van der Waals surface area contributed by atoms with Gasteiger partial charge in [0.05, 0.1) is 0 Å². The van der Waals surface area contributed by atoms with Gasteiger partial charge in [-0.25, -0.2) is 4.39 Å². The second-order valence-electron chi connectivity index (χ2n) is 4.61. The van der Waals surface area contributed by atoms with Crippen LogP contribution in [0.2, 0.25) is 0 Å².